The minimum Gasteiger partial charge on any atom is -0.391 e. The summed E-state index contributed by atoms with van der Waals surface area (Å²) < 4.78 is 1.55. The van der Waals surface area contributed by atoms with E-state index in [2.05, 4.69) is 10.4 Å². The van der Waals surface area contributed by atoms with Crippen LogP contribution in [0.4, 0.5) is 11.5 Å². The number of hydrogen-bond acceptors (Lipinski definition) is 5. The molecule has 19 heavy (non-hydrogen) atoms. The van der Waals surface area contributed by atoms with E-state index in [1.807, 2.05) is 20.8 Å². The molecule has 2 N–H and O–H groups in total. The normalized spacial score (nSPS) is 12.7. The van der Waals surface area contributed by atoms with E-state index in [-0.39, 0.29) is 12.2 Å². The van der Waals surface area contributed by atoms with Gasteiger partial charge in [-0.1, -0.05) is 13.8 Å². The largest absolute Gasteiger partial charge is 0.391 e. The standard InChI is InChI=1S/C12H22N4O3/c1-5-15-12(11(16(18)19)9(4)14-15)13-7-10(17)6-8(2)3/h8,10,13,17H,5-7H2,1-4H3. The third kappa shape index (κ3) is 3.92. The molecule has 0 saturated carbocycles. The fraction of sp³-hybridized carbons (Fsp3) is 0.750. The van der Waals surface area contributed by atoms with Crippen LogP contribution < -0.4 is 5.32 Å². The Kier molecular flexibility index (Phi) is 5.29. The van der Waals surface area contributed by atoms with Gasteiger partial charge in [0.15, 0.2) is 0 Å². The van der Waals surface area contributed by atoms with E-state index in [9.17, 15) is 15.2 Å². The third-order valence-electron chi connectivity index (χ3n) is 2.83. The molecule has 0 aliphatic heterocycles. The first-order valence-electron chi connectivity index (χ1n) is 6.50. The average molecular weight is 270 g/mol. The fourth-order valence-corrected chi connectivity index (χ4v) is 2.04. The number of hydrogen-bond donors (Lipinski definition) is 2. The van der Waals surface area contributed by atoms with Crippen LogP contribution in [0.3, 0.4) is 0 Å². The highest BCUT2D eigenvalue weighted by atomic mass is 16.6. The van der Waals surface area contributed by atoms with Crippen molar-refractivity contribution in [2.45, 2.75) is 46.8 Å². The van der Waals surface area contributed by atoms with Crippen LogP contribution in [0.1, 0.15) is 32.9 Å². The molecule has 0 fully saturated rings. The van der Waals surface area contributed by atoms with Crippen molar-refractivity contribution in [1.82, 2.24) is 9.78 Å². The summed E-state index contributed by atoms with van der Waals surface area (Å²) in [5.41, 5.74) is 0.367. The zero-order valence-electron chi connectivity index (χ0n) is 11.9. The molecule has 0 aliphatic rings. The van der Waals surface area contributed by atoms with Crippen molar-refractivity contribution in [3.05, 3.63) is 15.8 Å². The summed E-state index contributed by atoms with van der Waals surface area (Å²) in [5, 5.41) is 27.9. The molecule has 1 atom stereocenters. The molecule has 7 nitrogen and oxygen atoms in total. The van der Waals surface area contributed by atoms with Gasteiger partial charge in [-0.05, 0) is 26.2 Å². The number of anilines is 1. The van der Waals surface area contributed by atoms with Crippen molar-refractivity contribution in [3.8, 4) is 0 Å². The Hall–Kier alpha value is -1.63. The number of nitrogens with zero attached hydrogens (tertiary/aromatic N) is 3. The van der Waals surface area contributed by atoms with Gasteiger partial charge in [-0.2, -0.15) is 5.10 Å². The summed E-state index contributed by atoms with van der Waals surface area (Å²) in [7, 11) is 0. The van der Waals surface area contributed by atoms with Crippen molar-refractivity contribution in [3.63, 3.8) is 0 Å². The van der Waals surface area contributed by atoms with E-state index in [0.717, 1.165) is 0 Å². The van der Waals surface area contributed by atoms with E-state index in [1.165, 1.54) is 0 Å². The molecule has 108 valence electrons. The molecule has 1 aromatic rings. The molecular weight excluding hydrogens is 248 g/mol. The smallest absolute Gasteiger partial charge is 0.333 e. The molecule has 0 amide bonds. The third-order valence-corrected chi connectivity index (χ3v) is 2.83. The maximum Gasteiger partial charge on any atom is 0.333 e. The van der Waals surface area contributed by atoms with Crippen molar-refractivity contribution >= 4 is 11.5 Å². The first-order chi connectivity index (χ1) is 8.86. The number of nitrogens with one attached hydrogen (secondary N) is 1. The number of nitro groups is 1. The van der Waals surface area contributed by atoms with Gasteiger partial charge in [0.25, 0.3) is 0 Å². The van der Waals surface area contributed by atoms with E-state index < -0.39 is 11.0 Å². The maximum absolute atomic E-state index is 11.0. The van der Waals surface area contributed by atoms with Crippen molar-refractivity contribution in [2.75, 3.05) is 11.9 Å². The van der Waals surface area contributed by atoms with Gasteiger partial charge in [-0.15, -0.1) is 0 Å². The van der Waals surface area contributed by atoms with Crippen LogP contribution in [-0.4, -0.2) is 32.5 Å². The average Bonchev–Trinajstić information content (AvgIpc) is 2.61. The highest BCUT2D eigenvalue weighted by molar-refractivity contribution is 5.59. The molecule has 0 aromatic carbocycles. The van der Waals surface area contributed by atoms with Crippen LogP contribution in [0.5, 0.6) is 0 Å². The SMILES string of the molecule is CCn1nc(C)c([N+](=O)[O-])c1NCC(O)CC(C)C. The summed E-state index contributed by atoms with van der Waals surface area (Å²) in [6.45, 7) is 8.34. The molecule has 1 rings (SSSR count). The Labute approximate surface area is 112 Å². The molecule has 1 aromatic heterocycles. The van der Waals surface area contributed by atoms with E-state index in [4.69, 9.17) is 0 Å². The Bertz CT molecular complexity index is 442. The van der Waals surface area contributed by atoms with Gasteiger partial charge in [-0.25, -0.2) is 4.68 Å². The van der Waals surface area contributed by atoms with Crippen LogP contribution in [0.25, 0.3) is 0 Å². The first kappa shape index (κ1) is 15.4. The van der Waals surface area contributed by atoms with Gasteiger partial charge >= 0.3 is 5.69 Å². The van der Waals surface area contributed by atoms with Gasteiger partial charge in [0.1, 0.15) is 5.69 Å². The quantitative estimate of drug-likeness (QED) is 0.583. The summed E-state index contributed by atoms with van der Waals surface area (Å²) in [6, 6.07) is 0. The highest BCUT2D eigenvalue weighted by Crippen LogP contribution is 2.28. The summed E-state index contributed by atoms with van der Waals surface area (Å²) in [5.74, 6) is 0.748. The molecule has 7 heteroatoms. The van der Waals surface area contributed by atoms with Crippen molar-refractivity contribution in [1.29, 1.82) is 0 Å². The lowest BCUT2D eigenvalue weighted by atomic mass is 10.1. The van der Waals surface area contributed by atoms with E-state index in [1.54, 1.807) is 11.6 Å². The second kappa shape index (κ2) is 6.51. The second-order valence-electron chi connectivity index (χ2n) is 5.02. The zero-order chi connectivity index (χ0) is 14.6. The van der Waals surface area contributed by atoms with Crippen LogP contribution in [-0.2, 0) is 6.54 Å². The Morgan fingerprint density at radius 2 is 2.16 bits per heavy atom. The van der Waals surface area contributed by atoms with Crippen molar-refractivity contribution < 1.29 is 10.0 Å². The lowest BCUT2D eigenvalue weighted by Gasteiger charge is -2.14. The predicted molar refractivity (Wildman–Crippen MR) is 73.2 cm³/mol. The Morgan fingerprint density at radius 3 is 2.63 bits per heavy atom. The van der Waals surface area contributed by atoms with Crippen LogP contribution in [0.15, 0.2) is 0 Å². The number of aliphatic hydroxyl groups excluding tert-OH is 1. The van der Waals surface area contributed by atoms with Gasteiger partial charge in [0.2, 0.25) is 5.82 Å². The van der Waals surface area contributed by atoms with Crippen LogP contribution >= 0.6 is 0 Å². The van der Waals surface area contributed by atoms with Crippen LogP contribution in [0, 0.1) is 23.0 Å². The molecule has 0 radical (unpaired) electrons. The number of aliphatic hydroxyl groups is 1. The minimum absolute atomic E-state index is 0.0152. The molecule has 0 bridgehead atoms. The monoisotopic (exact) mass is 270 g/mol. The van der Waals surface area contributed by atoms with Gasteiger partial charge < -0.3 is 10.4 Å². The van der Waals surface area contributed by atoms with Crippen LogP contribution in [0.2, 0.25) is 0 Å². The minimum atomic E-state index is -0.528. The lowest BCUT2D eigenvalue weighted by molar-refractivity contribution is -0.384. The molecule has 1 heterocycles. The molecule has 0 aliphatic carbocycles. The van der Waals surface area contributed by atoms with E-state index in [0.29, 0.717) is 30.4 Å². The molecule has 0 spiro atoms. The highest BCUT2D eigenvalue weighted by Gasteiger charge is 2.25. The van der Waals surface area contributed by atoms with Gasteiger partial charge in [0, 0.05) is 13.1 Å². The van der Waals surface area contributed by atoms with Gasteiger partial charge in [-0.3, -0.25) is 10.1 Å². The first-order valence-corrected chi connectivity index (χ1v) is 6.50. The summed E-state index contributed by atoms with van der Waals surface area (Å²) in [6.07, 6.45) is 0.125. The number of aromatic nitrogens is 2. The number of rotatable bonds is 7. The maximum atomic E-state index is 11.0. The van der Waals surface area contributed by atoms with E-state index >= 15 is 0 Å². The lowest BCUT2D eigenvalue weighted by Crippen LogP contribution is -2.23. The topological polar surface area (TPSA) is 93.2 Å². The Morgan fingerprint density at radius 1 is 1.53 bits per heavy atom. The van der Waals surface area contributed by atoms with Crippen molar-refractivity contribution in [2.24, 2.45) is 5.92 Å². The predicted octanol–water partition coefficient (Wildman–Crippen LogP) is 1.94. The summed E-state index contributed by atoms with van der Waals surface area (Å²) in [4.78, 5) is 10.6. The molecule has 0 saturated heterocycles. The fourth-order valence-electron chi connectivity index (χ4n) is 2.04. The second-order valence-corrected chi connectivity index (χ2v) is 5.02. The van der Waals surface area contributed by atoms with Gasteiger partial charge in [0.05, 0.1) is 11.0 Å². The zero-order valence-corrected chi connectivity index (χ0v) is 11.9. The number of aryl methyl sites for hydroxylation is 2. The summed E-state index contributed by atoms with van der Waals surface area (Å²) >= 11 is 0. The molecular formula is C12H22N4O3. The Balaban J connectivity index is 2.84. The molecule has 1 unspecified atom stereocenters.